The summed E-state index contributed by atoms with van der Waals surface area (Å²) in [5.74, 6) is -0.821. The third kappa shape index (κ3) is 71.9. The zero-order valence-electron chi connectivity index (χ0n) is 57.5. The molecule has 0 fully saturated rings. The minimum Gasteiger partial charge on any atom is -0.756 e. The molecule has 0 saturated heterocycles. The monoisotopic (exact) mass is 1240 g/mol. The molecule has 2 atom stereocenters. The van der Waals surface area contributed by atoms with E-state index in [4.69, 9.17) is 18.5 Å². The van der Waals surface area contributed by atoms with Gasteiger partial charge in [0.1, 0.15) is 19.8 Å². The number of phosphoric ester groups is 1. The number of esters is 2. The predicted molar refractivity (Wildman–Crippen MR) is 374 cm³/mol. The molecule has 0 heterocycles. The van der Waals surface area contributed by atoms with E-state index in [1.165, 1.54) is 205 Å². The van der Waals surface area contributed by atoms with E-state index in [2.05, 4.69) is 111 Å². The molecule has 0 bridgehead atoms. The van der Waals surface area contributed by atoms with E-state index in [0.717, 1.165) is 89.9 Å². The van der Waals surface area contributed by atoms with Gasteiger partial charge in [0.05, 0.1) is 27.7 Å². The fourth-order valence-corrected chi connectivity index (χ4v) is 11.1. The van der Waals surface area contributed by atoms with Gasteiger partial charge in [0, 0.05) is 12.8 Å². The molecule has 0 aromatic rings. The Morgan fingerprint density at radius 2 is 0.655 bits per heavy atom. The van der Waals surface area contributed by atoms with Gasteiger partial charge in [-0.25, -0.2) is 0 Å². The van der Waals surface area contributed by atoms with Crippen LogP contribution in [0.1, 0.15) is 328 Å². The van der Waals surface area contributed by atoms with Crippen molar-refractivity contribution in [1.29, 1.82) is 0 Å². The Balaban J connectivity index is 4.01. The Hall–Kier alpha value is -3.07. The number of quaternary nitrogens is 1. The molecule has 0 radical (unpaired) electrons. The van der Waals surface area contributed by atoms with Crippen LogP contribution < -0.4 is 4.89 Å². The molecule has 87 heavy (non-hydrogen) atoms. The van der Waals surface area contributed by atoms with Crippen LogP contribution in [-0.4, -0.2) is 70.0 Å². The highest BCUT2D eigenvalue weighted by Gasteiger charge is 2.22. The molecule has 504 valence electrons. The first-order valence-corrected chi connectivity index (χ1v) is 37.9. The van der Waals surface area contributed by atoms with E-state index < -0.39 is 26.5 Å². The summed E-state index contributed by atoms with van der Waals surface area (Å²) in [5.41, 5.74) is 0. The van der Waals surface area contributed by atoms with Crippen molar-refractivity contribution in [1.82, 2.24) is 0 Å². The Bertz CT molecular complexity index is 1790. The van der Waals surface area contributed by atoms with Gasteiger partial charge in [0.25, 0.3) is 7.82 Å². The summed E-state index contributed by atoms with van der Waals surface area (Å²) in [6, 6.07) is 0. The topological polar surface area (TPSA) is 111 Å². The number of carbonyl (C=O) groups excluding carboxylic acids is 2. The maximum absolute atomic E-state index is 12.9. The van der Waals surface area contributed by atoms with Crippen LogP contribution in [-0.2, 0) is 32.7 Å². The molecule has 0 aliphatic rings. The van der Waals surface area contributed by atoms with Gasteiger partial charge >= 0.3 is 11.9 Å². The molecule has 0 saturated carbocycles. The Kier molecular flexibility index (Phi) is 65.0. The van der Waals surface area contributed by atoms with Crippen molar-refractivity contribution in [3.05, 3.63) is 97.2 Å². The average Bonchev–Trinajstić information content (AvgIpc) is 3.68. The lowest BCUT2D eigenvalue weighted by Gasteiger charge is -2.28. The van der Waals surface area contributed by atoms with Crippen LogP contribution in [0.2, 0.25) is 0 Å². The Morgan fingerprint density at radius 3 is 0.977 bits per heavy atom. The highest BCUT2D eigenvalue weighted by molar-refractivity contribution is 7.45. The van der Waals surface area contributed by atoms with Crippen molar-refractivity contribution in [2.45, 2.75) is 335 Å². The molecule has 0 N–H and O–H groups in total. The molecule has 2 unspecified atom stereocenters. The normalized spacial score (nSPS) is 13.7. The first-order chi connectivity index (χ1) is 42.5. The minimum atomic E-state index is -4.64. The number of carbonyl (C=O) groups is 2. The molecule has 10 heteroatoms. The average molecular weight is 1240 g/mol. The highest BCUT2D eigenvalue weighted by Crippen LogP contribution is 2.38. The van der Waals surface area contributed by atoms with Gasteiger partial charge in [-0.05, 0) is 77.0 Å². The summed E-state index contributed by atoms with van der Waals surface area (Å²) in [7, 11) is 1.17. The van der Waals surface area contributed by atoms with Crippen LogP contribution in [0.4, 0.5) is 0 Å². The summed E-state index contributed by atoms with van der Waals surface area (Å²) >= 11 is 0. The van der Waals surface area contributed by atoms with Gasteiger partial charge in [-0.15, -0.1) is 0 Å². The zero-order valence-corrected chi connectivity index (χ0v) is 58.3. The van der Waals surface area contributed by atoms with Crippen molar-refractivity contribution in [2.24, 2.45) is 0 Å². The second kappa shape index (κ2) is 67.3. The fraction of sp³-hybridized carbons (Fsp3) is 0.766. The summed E-state index contributed by atoms with van der Waals surface area (Å²) in [6.07, 6.45) is 93.5. The summed E-state index contributed by atoms with van der Waals surface area (Å²) in [6.45, 7) is 4.17. The van der Waals surface area contributed by atoms with E-state index in [0.29, 0.717) is 17.4 Å². The first kappa shape index (κ1) is 83.9. The van der Waals surface area contributed by atoms with Gasteiger partial charge in [-0.3, -0.25) is 14.2 Å². The lowest BCUT2D eigenvalue weighted by Crippen LogP contribution is -2.37. The highest BCUT2D eigenvalue weighted by atomic mass is 31.2. The standard InChI is InChI=1S/C77H138NO8P/c1-6-8-10-12-14-16-18-20-22-24-26-28-30-32-33-34-35-36-37-38-39-40-41-42-43-44-45-46-48-50-52-54-56-58-60-62-64-66-68-70-77(80)86-75(74-85-87(81,82)84-72-71-78(3,4)5)73-83-76(79)69-67-65-63-61-59-57-55-53-51-49-47-31-29-27-25-23-21-19-17-15-13-11-9-7-2/h8,10,14,16,20,22,26,28,32-33,35-36,38-39,41-42,75H,6-7,9,11-13,15,17-19,21,23-25,27,29-31,34,37,40,43-74H2,1-5H3/b10-8-,16-14-,22-20-,28-26-,33-32-,36-35-,39-38-,42-41-. The van der Waals surface area contributed by atoms with E-state index in [9.17, 15) is 19.0 Å². The third-order valence-corrected chi connectivity index (χ3v) is 16.8. The van der Waals surface area contributed by atoms with Crippen molar-refractivity contribution in [3.8, 4) is 0 Å². The second-order valence-electron chi connectivity index (χ2n) is 25.6. The van der Waals surface area contributed by atoms with Crippen molar-refractivity contribution < 1.29 is 42.1 Å². The van der Waals surface area contributed by atoms with Crippen LogP contribution >= 0.6 is 7.82 Å². The third-order valence-electron chi connectivity index (χ3n) is 15.9. The molecule has 0 amide bonds. The van der Waals surface area contributed by atoms with Gasteiger partial charge in [0.2, 0.25) is 0 Å². The van der Waals surface area contributed by atoms with E-state index in [-0.39, 0.29) is 32.0 Å². The number of hydrogen-bond acceptors (Lipinski definition) is 8. The number of likely N-dealkylation sites (N-methyl/N-ethyl adjacent to an activating group) is 1. The lowest BCUT2D eigenvalue weighted by molar-refractivity contribution is -0.870. The molecule has 0 aliphatic carbocycles. The maximum Gasteiger partial charge on any atom is 0.306 e. The first-order valence-electron chi connectivity index (χ1n) is 36.4. The van der Waals surface area contributed by atoms with Crippen molar-refractivity contribution >= 4 is 19.8 Å². The molecule has 0 aliphatic heterocycles. The van der Waals surface area contributed by atoms with E-state index in [1.807, 2.05) is 21.1 Å². The molecule has 9 nitrogen and oxygen atoms in total. The number of rotatable bonds is 67. The number of hydrogen-bond donors (Lipinski definition) is 0. The minimum absolute atomic E-state index is 0.0316. The second-order valence-corrected chi connectivity index (χ2v) is 27.0. The molecule has 0 spiro atoms. The fourth-order valence-electron chi connectivity index (χ4n) is 10.3. The number of phosphoric acid groups is 1. The van der Waals surface area contributed by atoms with Crippen molar-refractivity contribution in [2.75, 3.05) is 47.5 Å². The maximum atomic E-state index is 12.9. The van der Waals surface area contributed by atoms with Gasteiger partial charge in [0.15, 0.2) is 6.10 Å². The van der Waals surface area contributed by atoms with Crippen LogP contribution in [0.15, 0.2) is 97.2 Å². The zero-order chi connectivity index (χ0) is 63.4. The summed E-state index contributed by atoms with van der Waals surface area (Å²) in [5, 5.41) is 0. The molecule has 0 rings (SSSR count). The summed E-state index contributed by atoms with van der Waals surface area (Å²) in [4.78, 5) is 38.1. The number of allylic oxidation sites excluding steroid dienone is 16. The largest absolute Gasteiger partial charge is 0.756 e. The number of ether oxygens (including phenoxy) is 2. The van der Waals surface area contributed by atoms with E-state index in [1.54, 1.807) is 0 Å². The smallest absolute Gasteiger partial charge is 0.306 e. The molecule has 0 aromatic heterocycles. The summed E-state index contributed by atoms with van der Waals surface area (Å²) < 4.78 is 34.3. The van der Waals surface area contributed by atoms with Crippen LogP contribution in [0, 0.1) is 0 Å². The molecule has 0 aromatic carbocycles. The SMILES string of the molecule is CC/C=C\C/C=C\C/C=C\C/C=C\C/C=C\C/C=C\C/C=C\C/C=C\CCCCCCCCCCCCCCCCC(=O)OC(COC(=O)CCCCCCCCCCCCCCCCCCCCCCCCCC)COP(=O)([O-])OCC[N+](C)(C)C. The lowest BCUT2D eigenvalue weighted by atomic mass is 10.0. The van der Waals surface area contributed by atoms with Crippen LogP contribution in [0.5, 0.6) is 0 Å². The van der Waals surface area contributed by atoms with E-state index >= 15 is 0 Å². The number of nitrogens with zero attached hydrogens (tertiary/aromatic N) is 1. The van der Waals surface area contributed by atoms with Crippen LogP contribution in [0.25, 0.3) is 0 Å². The van der Waals surface area contributed by atoms with Gasteiger partial charge < -0.3 is 27.9 Å². The number of unbranched alkanes of at least 4 members (excludes halogenated alkanes) is 37. The van der Waals surface area contributed by atoms with Crippen molar-refractivity contribution in [3.63, 3.8) is 0 Å². The predicted octanol–water partition coefficient (Wildman–Crippen LogP) is 23.3. The van der Waals surface area contributed by atoms with Gasteiger partial charge in [-0.1, -0.05) is 336 Å². The quantitative estimate of drug-likeness (QED) is 0.0195. The molecular formula is C77H138NO8P. The Labute approximate surface area is 538 Å². The van der Waals surface area contributed by atoms with Gasteiger partial charge in [-0.2, -0.15) is 0 Å². The van der Waals surface area contributed by atoms with Crippen LogP contribution in [0.3, 0.4) is 0 Å². The molecular weight excluding hydrogens is 1100 g/mol. The Morgan fingerprint density at radius 1 is 0.368 bits per heavy atom.